The van der Waals surface area contributed by atoms with E-state index in [-0.39, 0.29) is 0 Å². The maximum atomic E-state index is 6.14. The van der Waals surface area contributed by atoms with Crippen molar-refractivity contribution in [2.24, 2.45) is 4.99 Å². The molecule has 0 heterocycles. The van der Waals surface area contributed by atoms with Crippen LogP contribution in [0.1, 0.15) is 11.1 Å². The third-order valence-corrected chi connectivity index (χ3v) is 2.58. The predicted octanol–water partition coefficient (Wildman–Crippen LogP) is 4.31. The fourth-order valence-electron chi connectivity index (χ4n) is 1.37. The van der Waals surface area contributed by atoms with Crippen LogP contribution in [0.3, 0.4) is 0 Å². The molecule has 0 bridgehead atoms. The van der Waals surface area contributed by atoms with Gasteiger partial charge in [-0.2, -0.15) is 0 Å². The lowest BCUT2D eigenvalue weighted by Crippen LogP contribution is -1.90. The lowest BCUT2D eigenvalue weighted by molar-refractivity contribution is 1.45. The van der Waals surface area contributed by atoms with Crippen LogP contribution in [0.15, 0.2) is 59.6 Å². The van der Waals surface area contributed by atoms with Gasteiger partial charge in [0.05, 0.1) is 5.69 Å². The first-order valence-corrected chi connectivity index (χ1v) is 5.50. The Morgan fingerprint density at radius 2 is 1.56 bits per heavy atom. The molecule has 0 fully saturated rings. The molecular formula is C14H12ClN. The van der Waals surface area contributed by atoms with Crippen molar-refractivity contribution in [3.05, 3.63) is 65.7 Å². The summed E-state index contributed by atoms with van der Waals surface area (Å²) >= 11 is 6.14. The van der Waals surface area contributed by atoms with Gasteiger partial charge in [0.1, 0.15) is 5.17 Å². The van der Waals surface area contributed by atoms with E-state index in [4.69, 9.17) is 11.6 Å². The van der Waals surface area contributed by atoms with Crippen molar-refractivity contribution in [2.75, 3.05) is 0 Å². The lowest BCUT2D eigenvalue weighted by Gasteiger charge is -1.99. The highest BCUT2D eigenvalue weighted by Crippen LogP contribution is 2.15. The van der Waals surface area contributed by atoms with Crippen LogP contribution >= 0.6 is 11.6 Å². The van der Waals surface area contributed by atoms with Crippen molar-refractivity contribution in [2.45, 2.75) is 6.92 Å². The van der Waals surface area contributed by atoms with Gasteiger partial charge in [0.15, 0.2) is 0 Å². The molecule has 2 rings (SSSR count). The molecule has 2 heteroatoms. The van der Waals surface area contributed by atoms with E-state index in [2.05, 4.69) is 4.99 Å². The zero-order chi connectivity index (χ0) is 11.4. The predicted molar refractivity (Wildman–Crippen MR) is 69.7 cm³/mol. The summed E-state index contributed by atoms with van der Waals surface area (Å²) in [6, 6.07) is 17.7. The number of rotatable bonds is 2. The van der Waals surface area contributed by atoms with Crippen LogP contribution in [0.4, 0.5) is 5.69 Å². The van der Waals surface area contributed by atoms with E-state index >= 15 is 0 Å². The number of para-hydroxylation sites is 1. The molecule has 0 aliphatic rings. The topological polar surface area (TPSA) is 12.4 Å². The van der Waals surface area contributed by atoms with E-state index in [0.29, 0.717) is 5.17 Å². The summed E-state index contributed by atoms with van der Waals surface area (Å²) in [4.78, 5) is 4.34. The zero-order valence-electron chi connectivity index (χ0n) is 9.02. The van der Waals surface area contributed by atoms with E-state index in [0.717, 1.165) is 11.3 Å². The second kappa shape index (κ2) is 4.95. The molecule has 2 aromatic rings. The van der Waals surface area contributed by atoms with Crippen molar-refractivity contribution in [3.63, 3.8) is 0 Å². The first-order chi connectivity index (χ1) is 7.75. The Morgan fingerprint density at radius 3 is 2.19 bits per heavy atom. The molecule has 0 N–H and O–H groups in total. The van der Waals surface area contributed by atoms with Crippen molar-refractivity contribution in [3.8, 4) is 0 Å². The van der Waals surface area contributed by atoms with Crippen molar-refractivity contribution < 1.29 is 0 Å². The SMILES string of the molecule is Cc1ccc(C(Cl)=Nc2ccccc2)cc1. The fourth-order valence-corrected chi connectivity index (χ4v) is 1.60. The highest BCUT2D eigenvalue weighted by Gasteiger charge is 1.99. The first kappa shape index (κ1) is 10.9. The number of hydrogen-bond donors (Lipinski definition) is 0. The number of hydrogen-bond acceptors (Lipinski definition) is 1. The van der Waals surface area contributed by atoms with Crippen molar-refractivity contribution in [1.82, 2.24) is 0 Å². The Hall–Kier alpha value is -1.60. The molecule has 0 atom stereocenters. The van der Waals surface area contributed by atoms with Crippen molar-refractivity contribution >= 4 is 22.5 Å². The van der Waals surface area contributed by atoms with E-state index in [1.54, 1.807) is 0 Å². The van der Waals surface area contributed by atoms with Crippen LogP contribution in [0.5, 0.6) is 0 Å². The van der Waals surface area contributed by atoms with Gasteiger partial charge in [-0.05, 0) is 19.1 Å². The standard InChI is InChI=1S/C14H12ClN/c1-11-7-9-12(10-8-11)14(15)16-13-5-3-2-4-6-13/h2-10H,1H3. The van der Waals surface area contributed by atoms with E-state index in [1.807, 2.05) is 61.5 Å². The fraction of sp³-hybridized carbons (Fsp3) is 0.0714. The Morgan fingerprint density at radius 1 is 0.938 bits per heavy atom. The molecule has 0 saturated carbocycles. The highest BCUT2D eigenvalue weighted by molar-refractivity contribution is 6.69. The summed E-state index contributed by atoms with van der Waals surface area (Å²) in [5, 5.41) is 0.520. The van der Waals surface area contributed by atoms with Crippen LogP contribution in [0.25, 0.3) is 0 Å². The van der Waals surface area contributed by atoms with Gasteiger partial charge in [0.2, 0.25) is 0 Å². The average molecular weight is 230 g/mol. The Balaban J connectivity index is 2.28. The normalized spacial score (nSPS) is 11.5. The molecule has 0 saturated heterocycles. The molecule has 0 amide bonds. The third-order valence-electron chi connectivity index (χ3n) is 2.27. The van der Waals surface area contributed by atoms with Crippen LogP contribution in [-0.2, 0) is 0 Å². The number of halogens is 1. The van der Waals surface area contributed by atoms with Crippen LogP contribution < -0.4 is 0 Å². The summed E-state index contributed by atoms with van der Waals surface area (Å²) in [5.74, 6) is 0. The summed E-state index contributed by atoms with van der Waals surface area (Å²) < 4.78 is 0. The van der Waals surface area contributed by atoms with Gasteiger partial charge in [-0.3, -0.25) is 0 Å². The average Bonchev–Trinajstić information content (AvgIpc) is 2.31. The highest BCUT2D eigenvalue weighted by atomic mass is 35.5. The van der Waals surface area contributed by atoms with Crippen molar-refractivity contribution in [1.29, 1.82) is 0 Å². The smallest absolute Gasteiger partial charge is 0.136 e. The van der Waals surface area contributed by atoms with Gasteiger partial charge in [0.25, 0.3) is 0 Å². The van der Waals surface area contributed by atoms with E-state index < -0.39 is 0 Å². The second-order valence-electron chi connectivity index (χ2n) is 3.60. The Labute approximate surface area is 100 Å². The monoisotopic (exact) mass is 229 g/mol. The summed E-state index contributed by atoms with van der Waals surface area (Å²) in [6.07, 6.45) is 0. The second-order valence-corrected chi connectivity index (χ2v) is 3.96. The van der Waals surface area contributed by atoms with Gasteiger partial charge in [-0.1, -0.05) is 59.6 Å². The maximum absolute atomic E-state index is 6.14. The van der Waals surface area contributed by atoms with E-state index in [9.17, 15) is 0 Å². The minimum atomic E-state index is 0.520. The molecule has 0 spiro atoms. The lowest BCUT2D eigenvalue weighted by atomic mass is 10.2. The largest absolute Gasteiger partial charge is 0.236 e. The molecule has 16 heavy (non-hydrogen) atoms. The minimum Gasteiger partial charge on any atom is -0.236 e. The Kier molecular flexibility index (Phi) is 3.37. The minimum absolute atomic E-state index is 0.520. The molecule has 0 aromatic heterocycles. The zero-order valence-corrected chi connectivity index (χ0v) is 9.78. The summed E-state index contributed by atoms with van der Waals surface area (Å²) in [6.45, 7) is 2.05. The van der Waals surface area contributed by atoms with Gasteiger partial charge in [-0.15, -0.1) is 0 Å². The molecule has 80 valence electrons. The molecule has 0 unspecified atom stereocenters. The molecule has 0 radical (unpaired) electrons. The Bertz CT molecular complexity index is 486. The summed E-state index contributed by atoms with van der Waals surface area (Å²) in [7, 11) is 0. The molecule has 0 aliphatic heterocycles. The number of aliphatic imine (C=N–C) groups is 1. The molecule has 0 aliphatic carbocycles. The number of nitrogens with zero attached hydrogens (tertiary/aromatic N) is 1. The molecule has 1 nitrogen and oxygen atoms in total. The first-order valence-electron chi connectivity index (χ1n) is 5.12. The molecule has 2 aromatic carbocycles. The maximum Gasteiger partial charge on any atom is 0.136 e. The van der Waals surface area contributed by atoms with Crippen LogP contribution in [0.2, 0.25) is 0 Å². The van der Waals surface area contributed by atoms with Crippen LogP contribution in [0, 0.1) is 6.92 Å². The van der Waals surface area contributed by atoms with Gasteiger partial charge in [-0.25, -0.2) is 4.99 Å². The quantitative estimate of drug-likeness (QED) is 0.681. The number of benzene rings is 2. The van der Waals surface area contributed by atoms with Gasteiger partial charge in [0, 0.05) is 5.56 Å². The third kappa shape index (κ3) is 2.71. The van der Waals surface area contributed by atoms with E-state index in [1.165, 1.54) is 5.56 Å². The summed E-state index contributed by atoms with van der Waals surface area (Å²) in [5.41, 5.74) is 3.03. The molecular weight excluding hydrogens is 218 g/mol. The number of aryl methyl sites for hydroxylation is 1. The van der Waals surface area contributed by atoms with Crippen LogP contribution in [-0.4, -0.2) is 5.17 Å². The van der Waals surface area contributed by atoms with Gasteiger partial charge < -0.3 is 0 Å². The van der Waals surface area contributed by atoms with Gasteiger partial charge >= 0.3 is 0 Å².